The van der Waals surface area contributed by atoms with E-state index in [9.17, 15) is 19.2 Å². The summed E-state index contributed by atoms with van der Waals surface area (Å²) in [6, 6.07) is 0. The number of Topliss-reactive ketones (excluding diaryl/α,β-unsaturated/α-hetero) is 3. The van der Waals surface area contributed by atoms with Crippen LogP contribution in [0.4, 0.5) is 4.79 Å². The maximum absolute atomic E-state index is 14.3. The number of carbonyl (C=O) groups excluding carboxylic acids is 4. The number of ketones is 3. The molecule has 0 aromatic carbocycles. The van der Waals surface area contributed by atoms with Crippen molar-refractivity contribution in [1.29, 1.82) is 0 Å². The molecular weight excluding hydrogens is 749 g/mol. The fourth-order valence-electron chi connectivity index (χ4n) is 9.70. The van der Waals surface area contributed by atoms with Gasteiger partial charge in [0, 0.05) is 46.0 Å². The van der Waals surface area contributed by atoms with Crippen molar-refractivity contribution >= 4 is 23.4 Å². The molecule has 1 amide bonds. The molecule has 1 saturated heterocycles. The Bertz CT molecular complexity index is 1370. The number of ether oxygens (including phenoxy) is 1. The lowest BCUT2D eigenvalue weighted by Gasteiger charge is -2.43. The maximum atomic E-state index is 14.3. The number of carbonyl (C=O) groups is 4. The minimum absolute atomic E-state index is 0.136. The summed E-state index contributed by atoms with van der Waals surface area (Å²) in [6.45, 7) is 40.5. The van der Waals surface area contributed by atoms with E-state index >= 15 is 0 Å². The van der Waals surface area contributed by atoms with Gasteiger partial charge in [0.05, 0.1) is 23.2 Å². The molecule has 1 aliphatic rings. The molecule has 1 aliphatic heterocycles. The van der Waals surface area contributed by atoms with Crippen LogP contribution in [-0.4, -0.2) is 81.3 Å². The summed E-state index contributed by atoms with van der Waals surface area (Å²) in [7, 11) is 0. The van der Waals surface area contributed by atoms with Gasteiger partial charge in [-0.25, -0.2) is 4.79 Å². The van der Waals surface area contributed by atoms with Crippen LogP contribution in [0.3, 0.4) is 0 Å². The molecule has 0 saturated carbocycles. The molecule has 0 spiro atoms. The quantitative estimate of drug-likeness (QED) is 0.0822. The van der Waals surface area contributed by atoms with Crippen molar-refractivity contribution in [2.75, 3.05) is 19.7 Å². The van der Waals surface area contributed by atoms with Gasteiger partial charge in [-0.2, -0.15) is 0 Å². The van der Waals surface area contributed by atoms with Crippen LogP contribution in [0, 0.1) is 16.2 Å². The second-order valence-corrected chi connectivity index (χ2v) is 25.1. The Morgan fingerprint density at radius 3 is 1.32 bits per heavy atom. The second kappa shape index (κ2) is 22.2. The van der Waals surface area contributed by atoms with Crippen molar-refractivity contribution in [3.8, 4) is 0 Å². The fourth-order valence-corrected chi connectivity index (χ4v) is 9.70. The Hall–Kier alpha value is -1.84. The number of unbranched alkanes of at least 4 members (excludes halogenated alkanes) is 10. The van der Waals surface area contributed by atoms with E-state index in [-0.39, 0.29) is 34.3 Å². The third-order valence-electron chi connectivity index (χ3n) is 11.6. The van der Waals surface area contributed by atoms with E-state index in [4.69, 9.17) is 4.74 Å². The molecule has 352 valence electrons. The summed E-state index contributed by atoms with van der Waals surface area (Å²) in [4.78, 5) is 56.1. The normalized spacial score (nSPS) is 19.2. The summed E-state index contributed by atoms with van der Waals surface area (Å²) in [5, 5.41) is 11.1. The first-order valence-electron chi connectivity index (χ1n) is 23.9. The lowest BCUT2D eigenvalue weighted by Crippen LogP contribution is -2.63. The molecular formula is C51H98N4O5. The number of hydrogen-bond acceptors (Lipinski definition) is 8. The van der Waals surface area contributed by atoms with Crippen molar-refractivity contribution in [3.05, 3.63) is 0 Å². The van der Waals surface area contributed by atoms with E-state index in [1.54, 1.807) is 4.90 Å². The molecule has 3 atom stereocenters. The second-order valence-electron chi connectivity index (χ2n) is 25.1. The fraction of sp³-hybridized carbons (Fsp3) is 0.922. The molecule has 1 heterocycles. The lowest BCUT2D eigenvalue weighted by molar-refractivity contribution is -0.135. The van der Waals surface area contributed by atoms with Crippen LogP contribution in [-0.2, 0) is 19.1 Å². The average molecular weight is 847 g/mol. The van der Waals surface area contributed by atoms with E-state index in [0.717, 1.165) is 96.3 Å². The molecule has 0 aliphatic carbocycles. The van der Waals surface area contributed by atoms with Gasteiger partial charge in [0.1, 0.15) is 0 Å². The van der Waals surface area contributed by atoms with E-state index < -0.39 is 32.9 Å². The number of hydrogen-bond donors (Lipinski definition) is 3. The van der Waals surface area contributed by atoms with E-state index in [1.807, 2.05) is 41.5 Å². The molecule has 0 aromatic heterocycles. The minimum atomic E-state index is -0.767. The first kappa shape index (κ1) is 56.2. The summed E-state index contributed by atoms with van der Waals surface area (Å²) in [5.74, 6) is 0.727. The third kappa shape index (κ3) is 19.7. The van der Waals surface area contributed by atoms with Gasteiger partial charge in [0.2, 0.25) is 0 Å². The zero-order valence-electron chi connectivity index (χ0n) is 42.9. The van der Waals surface area contributed by atoms with Gasteiger partial charge in [0.15, 0.2) is 17.3 Å². The Morgan fingerprint density at radius 1 is 0.500 bits per heavy atom. The van der Waals surface area contributed by atoms with E-state index in [0.29, 0.717) is 31.9 Å². The number of likely N-dealkylation sites (tertiary alicyclic amines) is 1. The van der Waals surface area contributed by atoms with Crippen LogP contribution in [0.5, 0.6) is 0 Å². The first-order valence-corrected chi connectivity index (χ1v) is 23.9. The number of nitrogens with zero attached hydrogens (tertiary/aromatic N) is 1. The predicted molar refractivity (Wildman–Crippen MR) is 253 cm³/mol. The molecule has 1 unspecified atom stereocenters. The highest BCUT2D eigenvalue weighted by molar-refractivity contribution is 5.94. The summed E-state index contributed by atoms with van der Waals surface area (Å²) >= 11 is 0. The highest BCUT2D eigenvalue weighted by atomic mass is 16.6. The largest absolute Gasteiger partial charge is 0.449 e. The van der Waals surface area contributed by atoms with Gasteiger partial charge >= 0.3 is 6.09 Å². The monoisotopic (exact) mass is 847 g/mol. The van der Waals surface area contributed by atoms with Gasteiger partial charge in [-0.15, -0.1) is 0 Å². The molecule has 1 fully saturated rings. The Morgan fingerprint density at radius 2 is 0.917 bits per heavy atom. The number of rotatable bonds is 24. The molecule has 9 heteroatoms. The van der Waals surface area contributed by atoms with Gasteiger partial charge in [-0.1, -0.05) is 133 Å². The van der Waals surface area contributed by atoms with Crippen LogP contribution in [0.1, 0.15) is 234 Å². The molecule has 0 radical (unpaired) electrons. The predicted octanol–water partition coefficient (Wildman–Crippen LogP) is 11.9. The molecule has 0 aromatic rings. The minimum Gasteiger partial charge on any atom is -0.449 e. The van der Waals surface area contributed by atoms with Crippen LogP contribution in [0.2, 0.25) is 0 Å². The highest BCUT2D eigenvalue weighted by Gasteiger charge is 2.51. The lowest BCUT2D eigenvalue weighted by atomic mass is 9.71. The van der Waals surface area contributed by atoms with Crippen molar-refractivity contribution in [2.45, 2.75) is 268 Å². The van der Waals surface area contributed by atoms with Gasteiger partial charge < -0.3 is 20.3 Å². The van der Waals surface area contributed by atoms with Crippen LogP contribution < -0.4 is 16.0 Å². The molecule has 60 heavy (non-hydrogen) atoms. The van der Waals surface area contributed by atoms with E-state index in [1.165, 1.54) is 0 Å². The molecule has 1 rings (SSSR count). The van der Waals surface area contributed by atoms with Crippen molar-refractivity contribution in [3.63, 3.8) is 0 Å². The van der Waals surface area contributed by atoms with Crippen molar-refractivity contribution in [2.24, 2.45) is 16.2 Å². The van der Waals surface area contributed by atoms with Gasteiger partial charge in [-0.3, -0.25) is 19.7 Å². The summed E-state index contributed by atoms with van der Waals surface area (Å²) < 4.78 is 5.70. The molecule has 9 nitrogen and oxygen atoms in total. The average Bonchev–Trinajstić information content (AvgIpc) is 3.48. The van der Waals surface area contributed by atoms with Crippen LogP contribution >= 0.6 is 0 Å². The molecule has 3 N–H and O–H groups in total. The number of amides is 1. The van der Waals surface area contributed by atoms with E-state index in [2.05, 4.69) is 106 Å². The number of nitrogens with one attached hydrogen (secondary N) is 3. The smallest absolute Gasteiger partial charge is 0.409 e. The SMILES string of the molecule is CC(C)(C)NC(CCCCCCCCOC(=O)N1CC[C@@](NC(C)(C)C)(C(=O)C(C)(C)C)C1)(CCCCCCCC[C@@](C)(NC(C)(C)C)C(=O)C(C)(C)C)C(=O)C(C)(C)C. The van der Waals surface area contributed by atoms with Crippen molar-refractivity contribution in [1.82, 2.24) is 20.9 Å². The van der Waals surface area contributed by atoms with Crippen molar-refractivity contribution < 1.29 is 23.9 Å². The Kier molecular flexibility index (Phi) is 20.8. The highest BCUT2D eigenvalue weighted by Crippen LogP contribution is 2.36. The topological polar surface area (TPSA) is 117 Å². The van der Waals surface area contributed by atoms with Gasteiger partial charge in [-0.05, 0) is 101 Å². The standard InChI is InChI=1S/C51H98N4O5/c1-43(2,3)39(56)49(19,52-46(10,11)12)32-28-24-20-21-25-29-33-50(53-47(13,14)15,40(57)44(4,5)6)34-30-26-22-23-27-31-37-60-42(59)55-36-35-51(38-55,54-48(16,17)18)41(58)45(7,8)9/h52-54H,20-38H2,1-19H3/t49-,50?,51+/m1/s1. The maximum Gasteiger partial charge on any atom is 0.409 e. The Labute approximate surface area is 370 Å². The summed E-state index contributed by atoms with van der Waals surface area (Å²) in [6.07, 6.45) is 15.2. The summed E-state index contributed by atoms with van der Waals surface area (Å²) in [5.41, 5.74) is -3.84. The zero-order valence-corrected chi connectivity index (χ0v) is 42.9. The third-order valence-corrected chi connectivity index (χ3v) is 11.6. The Balaban J connectivity index is 2.68. The first-order chi connectivity index (χ1) is 27.0. The molecule has 0 bridgehead atoms. The van der Waals surface area contributed by atoms with Crippen LogP contribution in [0.15, 0.2) is 0 Å². The van der Waals surface area contributed by atoms with Crippen LogP contribution in [0.25, 0.3) is 0 Å². The van der Waals surface area contributed by atoms with Gasteiger partial charge in [0.25, 0.3) is 0 Å². The zero-order chi connectivity index (χ0) is 46.7.